The van der Waals surface area contributed by atoms with Gasteiger partial charge in [-0.15, -0.1) is 0 Å². The second-order valence-corrected chi connectivity index (χ2v) is 3.99. The van der Waals surface area contributed by atoms with E-state index in [2.05, 4.69) is 59.9 Å². The van der Waals surface area contributed by atoms with E-state index < -0.39 is 0 Å². The Kier molecular flexibility index (Phi) is 1.60. The molecule has 3 rings (SSSR count). The highest BCUT2D eigenvalue weighted by atomic mass is 15.0. The monoisotopic (exact) mass is 197 g/mol. The van der Waals surface area contributed by atoms with Crippen molar-refractivity contribution >= 4 is 21.8 Å². The van der Waals surface area contributed by atoms with Crippen LogP contribution in [0.5, 0.6) is 0 Å². The van der Waals surface area contributed by atoms with Crippen LogP contribution in [0.2, 0.25) is 0 Å². The molecular weight excluding hydrogens is 184 g/mol. The van der Waals surface area contributed by atoms with Crippen LogP contribution in [0.1, 0.15) is 5.82 Å². The van der Waals surface area contributed by atoms with E-state index in [1.54, 1.807) is 0 Å². The Morgan fingerprint density at radius 1 is 1.07 bits per heavy atom. The number of aromatic nitrogens is 2. The molecule has 0 saturated carbocycles. The van der Waals surface area contributed by atoms with Crippen LogP contribution >= 0.6 is 0 Å². The molecule has 0 bridgehead atoms. The van der Waals surface area contributed by atoms with E-state index >= 15 is 0 Å². The minimum atomic E-state index is 1.18. The highest BCUT2D eigenvalue weighted by molar-refractivity contribution is 5.93. The molecule has 0 aliphatic rings. The van der Waals surface area contributed by atoms with Gasteiger partial charge in [-0.2, -0.15) is 0 Å². The first kappa shape index (κ1) is 8.48. The van der Waals surface area contributed by atoms with Gasteiger partial charge in [0.25, 0.3) is 5.82 Å². The highest BCUT2D eigenvalue weighted by Gasteiger charge is 2.11. The second-order valence-electron chi connectivity index (χ2n) is 3.99. The third kappa shape index (κ3) is 1.14. The number of aromatic amines is 1. The number of hydrogen-bond donors (Lipinski definition) is 1. The number of hydrogen-bond acceptors (Lipinski definition) is 0. The van der Waals surface area contributed by atoms with E-state index in [1.807, 2.05) is 0 Å². The predicted octanol–water partition coefficient (Wildman–Crippen LogP) is 2.45. The molecule has 0 spiro atoms. The van der Waals surface area contributed by atoms with Gasteiger partial charge < -0.3 is 0 Å². The molecule has 2 nitrogen and oxygen atoms in total. The van der Waals surface area contributed by atoms with E-state index in [0.717, 1.165) is 0 Å². The summed E-state index contributed by atoms with van der Waals surface area (Å²) in [6, 6.07) is 12.9. The van der Waals surface area contributed by atoms with Crippen molar-refractivity contribution in [1.82, 2.24) is 4.98 Å². The molecule has 0 aliphatic heterocycles. The minimum Gasteiger partial charge on any atom is -0.241 e. The van der Waals surface area contributed by atoms with Crippen molar-refractivity contribution < 1.29 is 4.57 Å². The van der Waals surface area contributed by atoms with Crippen LogP contribution in [0.3, 0.4) is 0 Å². The van der Waals surface area contributed by atoms with Crippen molar-refractivity contribution in [2.24, 2.45) is 7.05 Å². The molecule has 0 atom stereocenters. The average molecular weight is 197 g/mol. The molecule has 0 aliphatic carbocycles. The van der Waals surface area contributed by atoms with Gasteiger partial charge in [-0.1, -0.05) is 24.3 Å². The topological polar surface area (TPSA) is 19.7 Å². The summed E-state index contributed by atoms with van der Waals surface area (Å²) in [5.74, 6) is 1.18. The molecule has 15 heavy (non-hydrogen) atoms. The standard InChI is InChI=1S/C13H12N2/c1-9-14-12-7-10-5-3-4-6-11(10)8-13(12)15(9)2/h3-8H,1-2H3/p+1. The van der Waals surface area contributed by atoms with Crippen LogP contribution in [-0.4, -0.2) is 4.98 Å². The first-order valence-electron chi connectivity index (χ1n) is 5.13. The molecule has 3 aromatic rings. The Labute approximate surface area is 88.2 Å². The summed E-state index contributed by atoms with van der Waals surface area (Å²) in [4.78, 5) is 3.38. The molecule has 1 N–H and O–H groups in total. The number of fused-ring (bicyclic) bond motifs is 2. The molecule has 0 saturated heterocycles. The SMILES string of the molecule is Cc1[nH]c2cc3ccccc3cc2[n+]1C. The lowest BCUT2D eigenvalue weighted by Crippen LogP contribution is -2.29. The van der Waals surface area contributed by atoms with Crippen LogP contribution < -0.4 is 4.57 Å². The number of rotatable bonds is 0. The number of aryl methyl sites for hydroxylation is 2. The smallest absolute Gasteiger partial charge is 0.241 e. The van der Waals surface area contributed by atoms with Crippen molar-refractivity contribution in [3.63, 3.8) is 0 Å². The van der Waals surface area contributed by atoms with Crippen molar-refractivity contribution in [3.05, 3.63) is 42.2 Å². The van der Waals surface area contributed by atoms with Crippen molar-refractivity contribution in [2.75, 3.05) is 0 Å². The summed E-state index contributed by atoms with van der Waals surface area (Å²) in [5.41, 5.74) is 2.46. The lowest BCUT2D eigenvalue weighted by molar-refractivity contribution is -0.651. The van der Waals surface area contributed by atoms with Crippen LogP contribution in [0, 0.1) is 6.92 Å². The molecule has 0 unspecified atom stereocenters. The fourth-order valence-corrected chi connectivity index (χ4v) is 2.07. The van der Waals surface area contributed by atoms with Gasteiger partial charge in [0.15, 0.2) is 11.0 Å². The zero-order valence-corrected chi connectivity index (χ0v) is 8.91. The molecule has 0 radical (unpaired) electrons. The molecule has 0 fully saturated rings. The normalized spacial score (nSPS) is 11.3. The lowest BCUT2D eigenvalue weighted by Gasteiger charge is -1.95. The maximum atomic E-state index is 3.38. The maximum Gasteiger partial charge on any atom is 0.251 e. The third-order valence-electron chi connectivity index (χ3n) is 3.04. The fourth-order valence-electron chi connectivity index (χ4n) is 2.07. The summed E-state index contributed by atoms with van der Waals surface area (Å²) >= 11 is 0. The van der Waals surface area contributed by atoms with Gasteiger partial charge in [0.1, 0.15) is 0 Å². The number of nitrogens with zero attached hydrogens (tertiary/aromatic N) is 1. The molecule has 2 aromatic carbocycles. The summed E-state index contributed by atoms with van der Waals surface area (Å²) in [7, 11) is 2.09. The minimum absolute atomic E-state index is 1.18. The number of imidazole rings is 1. The Hall–Kier alpha value is -1.83. The molecule has 0 amide bonds. The van der Waals surface area contributed by atoms with E-state index in [9.17, 15) is 0 Å². The Bertz CT molecular complexity index is 650. The lowest BCUT2D eigenvalue weighted by atomic mass is 10.1. The zero-order valence-electron chi connectivity index (χ0n) is 8.91. The van der Waals surface area contributed by atoms with E-state index in [-0.39, 0.29) is 0 Å². The van der Waals surface area contributed by atoms with Gasteiger partial charge in [0.05, 0.1) is 7.05 Å². The molecule has 1 heterocycles. The molecular formula is C13H13N2+. The average Bonchev–Trinajstić information content (AvgIpc) is 2.52. The fraction of sp³-hybridized carbons (Fsp3) is 0.154. The van der Waals surface area contributed by atoms with Gasteiger partial charge >= 0.3 is 0 Å². The van der Waals surface area contributed by atoms with Gasteiger partial charge in [0.2, 0.25) is 0 Å². The van der Waals surface area contributed by atoms with Crippen molar-refractivity contribution in [1.29, 1.82) is 0 Å². The predicted molar refractivity (Wildman–Crippen MR) is 61.7 cm³/mol. The van der Waals surface area contributed by atoms with E-state index in [4.69, 9.17) is 0 Å². The summed E-state index contributed by atoms with van der Waals surface area (Å²) < 4.78 is 2.18. The molecule has 2 heteroatoms. The highest BCUT2D eigenvalue weighted by Crippen LogP contribution is 2.19. The number of nitrogens with one attached hydrogen (secondary N) is 1. The Morgan fingerprint density at radius 2 is 1.73 bits per heavy atom. The third-order valence-corrected chi connectivity index (χ3v) is 3.04. The Morgan fingerprint density at radius 3 is 2.47 bits per heavy atom. The van der Waals surface area contributed by atoms with Crippen molar-refractivity contribution in [2.45, 2.75) is 6.92 Å². The van der Waals surface area contributed by atoms with Crippen LogP contribution in [-0.2, 0) is 7.05 Å². The first-order chi connectivity index (χ1) is 7.25. The molecule has 1 aromatic heterocycles. The van der Waals surface area contributed by atoms with Crippen LogP contribution in [0.25, 0.3) is 21.8 Å². The van der Waals surface area contributed by atoms with E-state index in [1.165, 1.54) is 27.6 Å². The van der Waals surface area contributed by atoms with Crippen LogP contribution in [0.4, 0.5) is 0 Å². The summed E-state index contributed by atoms with van der Waals surface area (Å²) in [6.07, 6.45) is 0. The number of benzene rings is 2. The quantitative estimate of drug-likeness (QED) is 0.534. The Balaban J connectivity index is 2.53. The van der Waals surface area contributed by atoms with E-state index in [0.29, 0.717) is 0 Å². The number of H-pyrrole nitrogens is 1. The van der Waals surface area contributed by atoms with Crippen molar-refractivity contribution in [3.8, 4) is 0 Å². The van der Waals surface area contributed by atoms with Gasteiger partial charge in [-0.3, -0.25) is 0 Å². The zero-order chi connectivity index (χ0) is 10.4. The molecule has 74 valence electrons. The first-order valence-corrected chi connectivity index (χ1v) is 5.13. The largest absolute Gasteiger partial charge is 0.251 e. The van der Waals surface area contributed by atoms with Crippen LogP contribution in [0.15, 0.2) is 36.4 Å². The maximum absolute atomic E-state index is 3.38. The van der Waals surface area contributed by atoms with Gasteiger partial charge in [-0.05, 0) is 22.9 Å². The summed E-state index contributed by atoms with van der Waals surface area (Å²) in [6.45, 7) is 2.09. The second kappa shape index (κ2) is 2.83. The van der Waals surface area contributed by atoms with Gasteiger partial charge in [0, 0.05) is 6.92 Å². The van der Waals surface area contributed by atoms with Gasteiger partial charge in [-0.25, -0.2) is 9.55 Å². The summed E-state index contributed by atoms with van der Waals surface area (Å²) in [5, 5.41) is 2.58.